The van der Waals surface area contributed by atoms with Gasteiger partial charge in [-0.05, 0) is 49.1 Å². The highest BCUT2D eigenvalue weighted by Crippen LogP contribution is 2.55. The number of aromatic nitrogens is 2. The fourth-order valence-corrected chi connectivity index (χ4v) is 7.55. The first-order valence-corrected chi connectivity index (χ1v) is 18.9. The summed E-state index contributed by atoms with van der Waals surface area (Å²) in [5.41, 5.74) is 5.79. The van der Waals surface area contributed by atoms with Crippen molar-refractivity contribution in [3.8, 4) is 17.0 Å². The van der Waals surface area contributed by atoms with E-state index < -0.39 is 11.6 Å². The van der Waals surface area contributed by atoms with Crippen LogP contribution < -0.4 is 9.64 Å². The molecule has 6 rings (SSSR count). The van der Waals surface area contributed by atoms with Gasteiger partial charge in [-0.25, -0.2) is 9.78 Å². The zero-order chi connectivity index (χ0) is 34.9. The van der Waals surface area contributed by atoms with Crippen LogP contribution in [-0.4, -0.2) is 35.2 Å². The molecule has 0 N–H and O–H groups in total. The summed E-state index contributed by atoms with van der Waals surface area (Å²) >= 11 is 0. The number of hydrogen-bond acceptors (Lipinski definition) is 5. The fourth-order valence-electron chi connectivity index (χ4n) is 7.55. The fraction of sp³-hybridized carbons (Fsp3) is 0.409. The van der Waals surface area contributed by atoms with Gasteiger partial charge in [0.25, 0.3) is 0 Å². The molecule has 2 aromatic heterocycles. The summed E-state index contributed by atoms with van der Waals surface area (Å²) in [6.45, 7) is 9.31. The lowest BCUT2D eigenvalue weighted by molar-refractivity contribution is 0.0246. The Morgan fingerprint density at radius 3 is 2.22 bits per heavy atom. The molecule has 262 valence electrons. The van der Waals surface area contributed by atoms with Crippen LogP contribution >= 0.6 is 0 Å². The number of hydrogen-bond donors (Lipinski definition) is 0. The molecule has 1 atom stereocenters. The minimum atomic E-state index is -1.29. The molecule has 0 saturated heterocycles. The van der Waals surface area contributed by atoms with Crippen molar-refractivity contribution in [2.24, 2.45) is 7.05 Å². The first-order valence-electron chi connectivity index (χ1n) is 18.9. The average Bonchev–Trinajstić information content (AvgIpc) is 3.62. The maximum absolute atomic E-state index is 14.0. The van der Waals surface area contributed by atoms with Gasteiger partial charge in [0.1, 0.15) is 5.75 Å². The van der Waals surface area contributed by atoms with Crippen molar-refractivity contribution in [1.82, 2.24) is 9.55 Å². The molecule has 0 bridgehead atoms. The molecule has 1 aliphatic heterocycles. The zero-order valence-electron chi connectivity index (χ0n) is 30.4. The topological polar surface area (TPSA) is 56.6 Å². The molecule has 0 amide bonds. The van der Waals surface area contributed by atoms with E-state index >= 15 is 0 Å². The van der Waals surface area contributed by atoms with Crippen LogP contribution in [0, 0.1) is 0 Å². The van der Waals surface area contributed by atoms with Gasteiger partial charge in [-0.3, -0.25) is 0 Å². The summed E-state index contributed by atoms with van der Waals surface area (Å²) in [7, 11) is 2.10. The second-order valence-electron chi connectivity index (χ2n) is 13.6. The molecule has 3 heterocycles. The number of cyclic esters (lactones) is 1. The quantitative estimate of drug-likeness (QED) is 0.0685. The predicted molar refractivity (Wildman–Crippen MR) is 205 cm³/mol. The van der Waals surface area contributed by atoms with Crippen LogP contribution in [0.2, 0.25) is 0 Å². The number of carbonyl (C=O) groups excluding carboxylic acids is 1. The van der Waals surface area contributed by atoms with Crippen LogP contribution in [0.4, 0.5) is 5.69 Å². The number of ether oxygens (including phenoxy) is 2. The number of anilines is 1. The van der Waals surface area contributed by atoms with E-state index in [0.29, 0.717) is 12.3 Å². The van der Waals surface area contributed by atoms with E-state index in [1.165, 1.54) is 25.7 Å². The molecule has 0 saturated carbocycles. The number of nitrogens with zero attached hydrogens (tertiary/aromatic N) is 3. The highest BCUT2D eigenvalue weighted by atomic mass is 16.6. The highest BCUT2D eigenvalue weighted by Gasteiger charge is 2.54. The molecule has 1 aliphatic rings. The number of rotatable bonds is 18. The molecular formula is C44H53N3O3. The number of esters is 1. The molecule has 0 spiro atoms. The van der Waals surface area contributed by atoms with E-state index in [4.69, 9.17) is 9.47 Å². The van der Waals surface area contributed by atoms with Crippen molar-refractivity contribution in [3.63, 3.8) is 0 Å². The second-order valence-corrected chi connectivity index (χ2v) is 13.6. The number of fused-ring (bicyclic) bond motifs is 2. The SMILES string of the molecule is CCCCCCCCOc1cc(N(CCCC)CCCC)ccc1C1(c2c(-c3ccccc3)n(C)c3ccccc23)OC(=O)c2ncccc21. The Bertz CT molecular complexity index is 1870. The Morgan fingerprint density at radius 2 is 1.46 bits per heavy atom. The maximum Gasteiger partial charge on any atom is 0.358 e. The minimum absolute atomic E-state index is 0.345. The summed E-state index contributed by atoms with van der Waals surface area (Å²) in [5.74, 6) is 0.330. The number of carbonyl (C=O) groups is 1. The lowest BCUT2D eigenvalue weighted by Gasteiger charge is -2.33. The van der Waals surface area contributed by atoms with Gasteiger partial charge < -0.3 is 18.9 Å². The van der Waals surface area contributed by atoms with E-state index in [0.717, 1.165) is 102 Å². The van der Waals surface area contributed by atoms with Gasteiger partial charge in [-0.1, -0.05) is 120 Å². The number of pyridine rings is 1. The van der Waals surface area contributed by atoms with Gasteiger partial charge in [0, 0.05) is 65.7 Å². The predicted octanol–water partition coefficient (Wildman–Crippen LogP) is 10.8. The van der Waals surface area contributed by atoms with Crippen LogP contribution in [0.3, 0.4) is 0 Å². The first kappa shape index (κ1) is 35.3. The molecule has 6 nitrogen and oxygen atoms in total. The van der Waals surface area contributed by atoms with Crippen LogP contribution in [0.5, 0.6) is 5.75 Å². The third-order valence-corrected chi connectivity index (χ3v) is 10.2. The van der Waals surface area contributed by atoms with Crippen LogP contribution in [0.15, 0.2) is 91.1 Å². The molecule has 6 heteroatoms. The Labute approximate surface area is 298 Å². The molecule has 0 aliphatic carbocycles. The van der Waals surface area contributed by atoms with E-state index in [1.54, 1.807) is 6.20 Å². The van der Waals surface area contributed by atoms with E-state index in [-0.39, 0.29) is 0 Å². The lowest BCUT2D eigenvalue weighted by Crippen LogP contribution is -2.31. The minimum Gasteiger partial charge on any atom is -0.493 e. The standard InChI is InChI=1S/C44H53N3O3/c1-5-8-11-12-13-19-31-49-39-32-34(47(29-9-6-2)30-10-7-3)26-27-36(39)44(37-24-20-28-45-41(37)43(48)50-44)40-35-23-17-18-25-38(35)46(4)42(40)33-21-15-14-16-22-33/h14-18,20-28,32H,5-13,19,29-31H2,1-4H3. The van der Waals surface area contributed by atoms with E-state index in [1.807, 2.05) is 18.2 Å². The largest absolute Gasteiger partial charge is 0.493 e. The van der Waals surface area contributed by atoms with Crippen molar-refractivity contribution in [3.05, 3.63) is 114 Å². The molecule has 50 heavy (non-hydrogen) atoms. The smallest absolute Gasteiger partial charge is 0.358 e. The van der Waals surface area contributed by atoms with Crippen molar-refractivity contribution >= 4 is 22.6 Å². The Morgan fingerprint density at radius 1 is 0.760 bits per heavy atom. The summed E-state index contributed by atoms with van der Waals surface area (Å²) in [6, 6.07) is 29.3. The molecule has 3 aromatic carbocycles. The highest BCUT2D eigenvalue weighted by molar-refractivity contribution is 6.00. The third kappa shape index (κ3) is 6.90. The molecule has 0 radical (unpaired) electrons. The summed E-state index contributed by atoms with van der Waals surface area (Å²) < 4.78 is 15.9. The summed E-state index contributed by atoms with van der Waals surface area (Å²) in [4.78, 5) is 21.1. The number of benzene rings is 3. The first-order chi connectivity index (χ1) is 24.5. The van der Waals surface area contributed by atoms with Crippen molar-refractivity contribution in [2.75, 3.05) is 24.6 Å². The molecule has 0 fully saturated rings. The lowest BCUT2D eigenvalue weighted by atomic mass is 9.78. The molecule has 1 unspecified atom stereocenters. The average molecular weight is 672 g/mol. The van der Waals surface area contributed by atoms with Crippen LogP contribution in [0.25, 0.3) is 22.2 Å². The van der Waals surface area contributed by atoms with Gasteiger partial charge in [-0.2, -0.15) is 0 Å². The van der Waals surface area contributed by atoms with Crippen LogP contribution in [-0.2, 0) is 17.4 Å². The Balaban J connectivity index is 1.59. The van der Waals surface area contributed by atoms with Crippen LogP contribution in [0.1, 0.15) is 112 Å². The second kappa shape index (κ2) is 16.4. The molecular weight excluding hydrogens is 619 g/mol. The molecule has 5 aromatic rings. The summed E-state index contributed by atoms with van der Waals surface area (Å²) in [5, 5.41) is 1.02. The van der Waals surface area contributed by atoms with Gasteiger partial charge in [0.2, 0.25) is 0 Å². The van der Waals surface area contributed by atoms with Gasteiger partial charge in [-0.15, -0.1) is 0 Å². The van der Waals surface area contributed by atoms with Crippen molar-refractivity contribution in [2.45, 2.75) is 90.6 Å². The van der Waals surface area contributed by atoms with E-state index in [9.17, 15) is 4.79 Å². The third-order valence-electron chi connectivity index (χ3n) is 10.2. The zero-order valence-corrected chi connectivity index (χ0v) is 30.4. The van der Waals surface area contributed by atoms with Crippen molar-refractivity contribution in [1.29, 1.82) is 0 Å². The van der Waals surface area contributed by atoms with Gasteiger partial charge in [0.15, 0.2) is 11.3 Å². The number of aryl methyl sites for hydroxylation is 1. The van der Waals surface area contributed by atoms with E-state index in [2.05, 4.69) is 109 Å². The monoisotopic (exact) mass is 671 g/mol. The van der Waals surface area contributed by atoms with Gasteiger partial charge >= 0.3 is 5.97 Å². The summed E-state index contributed by atoms with van der Waals surface area (Å²) in [6.07, 6.45) is 13.3. The normalized spacial score (nSPS) is 15.3. The van der Waals surface area contributed by atoms with Gasteiger partial charge in [0.05, 0.1) is 12.3 Å². The number of unbranched alkanes of at least 4 members (excludes halogenated alkanes) is 7. The van der Waals surface area contributed by atoms with Crippen molar-refractivity contribution < 1.29 is 14.3 Å². The Kier molecular flexibility index (Phi) is 11.6. The number of para-hydroxylation sites is 1. The maximum atomic E-state index is 14.0. The Hall–Kier alpha value is -4.58.